The molecule has 36 heavy (non-hydrogen) atoms. The molecule has 0 saturated carbocycles. The van der Waals surface area contributed by atoms with Crippen molar-refractivity contribution in [2.24, 2.45) is 5.92 Å². The molecule has 0 aliphatic carbocycles. The standard InChI is InChI=1S/C30H31N5O/c1-20(2)30(36)35-13-11-34(12-14-35)19-21-3-5-22(6-4-21)25-16-26-27(18-33-29(26)32-17-25)23-7-8-28-24(15-23)9-10-31-28/h3-10,15-18,20,31H,11-14,19H2,1-2H3,(H,32,33). The molecule has 182 valence electrons. The molecule has 2 aromatic carbocycles. The Bertz CT molecular complexity index is 1520. The number of amides is 1. The molecule has 0 spiro atoms. The van der Waals surface area contributed by atoms with Gasteiger partial charge in [0.25, 0.3) is 0 Å². The van der Waals surface area contributed by atoms with Gasteiger partial charge in [0.15, 0.2) is 0 Å². The molecule has 0 bridgehead atoms. The number of hydrogen-bond acceptors (Lipinski definition) is 3. The highest BCUT2D eigenvalue weighted by Gasteiger charge is 2.22. The van der Waals surface area contributed by atoms with Crippen molar-refractivity contribution in [3.63, 3.8) is 0 Å². The molecular weight excluding hydrogens is 446 g/mol. The van der Waals surface area contributed by atoms with Crippen LogP contribution in [0.3, 0.4) is 0 Å². The maximum atomic E-state index is 12.2. The lowest BCUT2D eigenvalue weighted by molar-refractivity contribution is -0.136. The predicted octanol–water partition coefficient (Wildman–Crippen LogP) is 5.68. The SMILES string of the molecule is CC(C)C(=O)N1CCN(Cc2ccc(-c3cnc4[nH]cc(-c5ccc6[nH]ccc6c5)c4c3)cc2)CC1. The van der Waals surface area contributed by atoms with Gasteiger partial charge in [0.05, 0.1) is 0 Å². The lowest BCUT2D eigenvalue weighted by atomic mass is 10.0. The number of fused-ring (bicyclic) bond motifs is 2. The minimum atomic E-state index is 0.0722. The van der Waals surface area contributed by atoms with Crippen molar-refractivity contribution >= 4 is 27.8 Å². The number of benzene rings is 2. The second-order valence-corrected chi connectivity index (χ2v) is 10.1. The number of nitrogens with one attached hydrogen (secondary N) is 2. The van der Waals surface area contributed by atoms with Gasteiger partial charge in [-0.2, -0.15) is 0 Å². The van der Waals surface area contributed by atoms with Crippen LogP contribution in [-0.2, 0) is 11.3 Å². The summed E-state index contributed by atoms with van der Waals surface area (Å²) in [6, 6.07) is 19.6. The van der Waals surface area contributed by atoms with Crippen LogP contribution in [0.1, 0.15) is 19.4 Å². The summed E-state index contributed by atoms with van der Waals surface area (Å²) in [7, 11) is 0. The number of hydrogen-bond donors (Lipinski definition) is 2. The number of piperazine rings is 1. The number of carbonyl (C=O) groups excluding carboxylic acids is 1. The quantitative estimate of drug-likeness (QED) is 0.342. The van der Waals surface area contributed by atoms with Crippen LogP contribution in [0, 0.1) is 5.92 Å². The fourth-order valence-electron chi connectivity index (χ4n) is 5.17. The van der Waals surface area contributed by atoms with Crippen molar-refractivity contribution < 1.29 is 4.79 Å². The van der Waals surface area contributed by atoms with Crippen LogP contribution < -0.4 is 0 Å². The molecule has 1 fully saturated rings. The van der Waals surface area contributed by atoms with Crippen molar-refractivity contribution in [3.8, 4) is 22.3 Å². The molecule has 0 radical (unpaired) electrons. The van der Waals surface area contributed by atoms with Crippen LogP contribution in [0.4, 0.5) is 0 Å². The van der Waals surface area contributed by atoms with Crippen molar-refractivity contribution in [2.45, 2.75) is 20.4 Å². The van der Waals surface area contributed by atoms with E-state index in [0.29, 0.717) is 0 Å². The highest BCUT2D eigenvalue weighted by molar-refractivity contribution is 5.98. The third-order valence-electron chi connectivity index (χ3n) is 7.27. The van der Waals surface area contributed by atoms with Gasteiger partial charge in [-0.1, -0.05) is 44.2 Å². The zero-order chi connectivity index (χ0) is 24.6. The van der Waals surface area contributed by atoms with E-state index >= 15 is 0 Å². The average molecular weight is 478 g/mol. The molecule has 1 aliphatic heterocycles. The molecular formula is C30H31N5O. The van der Waals surface area contributed by atoms with E-state index < -0.39 is 0 Å². The molecule has 1 saturated heterocycles. The second kappa shape index (κ2) is 9.28. The summed E-state index contributed by atoms with van der Waals surface area (Å²) in [4.78, 5) is 28.0. The first-order valence-electron chi connectivity index (χ1n) is 12.7. The Balaban J connectivity index is 1.18. The smallest absolute Gasteiger partial charge is 0.225 e. The Morgan fingerprint density at radius 3 is 2.47 bits per heavy atom. The molecule has 2 N–H and O–H groups in total. The van der Waals surface area contributed by atoms with Crippen LogP contribution in [0.15, 0.2) is 73.2 Å². The lowest BCUT2D eigenvalue weighted by Gasteiger charge is -2.35. The molecule has 0 unspecified atom stereocenters. The number of pyridine rings is 1. The Labute approximate surface area is 211 Å². The van der Waals surface area contributed by atoms with E-state index in [0.717, 1.165) is 66.0 Å². The highest BCUT2D eigenvalue weighted by atomic mass is 16.2. The van der Waals surface area contributed by atoms with Gasteiger partial charge in [0.1, 0.15) is 5.65 Å². The average Bonchev–Trinajstić information content (AvgIpc) is 3.55. The zero-order valence-electron chi connectivity index (χ0n) is 20.8. The number of rotatable bonds is 5. The van der Waals surface area contributed by atoms with Crippen LogP contribution >= 0.6 is 0 Å². The van der Waals surface area contributed by atoms with Gasteiger partial charge in [0, 0.05) is 79.3 Å². The number of H-pyrrole nitrogens is 2. The van der Waals surface area contributed by atoms with Crippen molar-refractivity contribution in [2.75, 3.05) is 26.2 Å². The third-order valence-corrected chi connectivity index (χ3v) is 7.27. The highest BCUT2D eigenvalue weighted by Crippen LogP contribution is 2.32. The lowest BCUT2D eigenvalue weighted by Crippen LogP contribution is -2.49. The number of aromatic amines is 2. The van der Waals surface area contributed by atoms with E-state index in [2.05, 4.69) is 69.5 Å². The van der Waals surface area contributed by atoms with Crippen LogP contribution in [0.25, 0.3) is 44.2 Å². The van der Waals surface area contributed by atoms with E-state index in [1.807, 2.05) is 37.3 Å². The summed E-state index contributed by atoms with van der Waals surface area (Å²) < 4.78 is 0. The summed E-state index contributed by atoms with van der Waals surface area (Å²) in [5.74, 6) is 0.336. The summed E-state index contributed by atoms with van der Waals surface area (Å²) in [5, 5.41) is 2.33. The fraction of sp³-hybridized carbons (Fsp3) is 0.267. The topological polar surface area (TPSA) is 68.0 Å². The summed E-state index contributed by atoms with van der Waals surface area (Å²) in [6.45, 7) is 8.33. The molecule has 5 aromatic rings. The van der Waals surface area contributed by atoms with Crippen molar-refractivity contribution in [3.05, 3.63) is 78.8 Å². The number of nitrogens with zero attached hydrogens (tertiary/aromatic N) is 3. The van der Waals surface area contributed by atoms with Gasteiger partial charge in [-0.25, -0.2) is 4.98 Å². The maximum Gasteiger partial charge on any atom is 0.225 e. The summed E-state index contributed by atoms with van der Waals surface area (Å²) in [6.07, 6.45) is 5.96. The Morgan fingerprint density at radius 1 is 0.917 bits per heavy atom. The number of aromatic nitrogens is 3. The van der Waals surface area contributed by atoms with Crippen LogP contribution in [0.5, 0.6) is 0 Å². The Kier molecular flexibility index (Phi) is 5.82. The zero-order valence-corrected chi connectivity index (χ0v) is 20.8. The molecule has 0 atom stereocenters. The minimum Gasteiger partial charge on any atom is -0.361 e. The first kappa shape index (κ1) is 22.6. The van der Waals surface area contributed by atoms with Gasteiger partial charge >= 0.3 is 0 Å². The molecule has 1 aliphatic rings. The van der Waals surface area contributed by atoms with Crippen molar-refractivity contribution in [1.82, 2.24) is 24.8 Å². The monoisotopic (exact) mass is 477 g/mol. The molecule has 6 nitrogen and oxygen atoms in total. The second-order valence-electron chi connectivity index (χ2n) is 10.1. The van der Waals surface area contributed by atoms with Gasteiger partial charge < -0.3 is 14.9 Å². The fourth-order valence-corrected chi connectivity index (χ4v) is 5.17. The third kappa shape index (κ3) is 4.29. The molecule has 3 aromatic heterocycles. The molecule has 1 amide bonds. The summed E-state index contributed by atoms with van der Waals surface area (Å²) in [5.41, 5.74) is 7.94. The van der Waals surface area contributed by atoms with E-state index in [9.17, 15) is 4.79 Å². The predicted molar refractivity (Wildman–Crippen MR) is 146 cm³/mol. The van der Waals surface area contributed by atoms with E-state index in [1.54, 1.807) is 0 Å². The van der Waals surface area contributed by atoms with Crippen molar-refractivity contribution in [1.29, 1.82) is 0 Å². The first-order valence-corrected chi connectivity index (χ1v) is 12.7. The Morgan fingerprint density at radius 2 is 1.69 bits per heavy atom. The normalized spacial score (nSPS) is 14.8. The van der Waals surface area contributed by atoms with Gasteiger partial charge in [-0.15, -0.1) is 0 Å². The Hall–Kier alpha value is -3.90. The van der Waals surface area contributed by atoms with Gasteiger partial charge in [0.2, 0.25) is 5.91 Å². The first-order chi connectivity index (χ1) is 17.5. The molecule has 6 rings (SSSR count). The summed E-state index contributed by atoms with van der Waals surface area (Å²) >= 11 is 0. The van der Waals surface area contributed by atoms with Crippen LogP contribution in [-0.4, -0.2) is 56.8 Å². The largest absolute Gasteiger partial charge is 0.361 e. The maximum absolute atomic E-state index is 12.2. The van der Waals surface area contributed by atoms with E-state index in [4.69, 9.17) is 4.98 Å². The minimum absolute atomic E-state index is 0.0722. The van der Waals surface area contributed by atoms with E-state index in [-0.39, 0.29) is 11.8 Å². The van der Waals surface area contributed by atoms with Gasteiger partial charge in [-0.05, 0) is 46.3 Å². The number of carbonyl (C=O) groups is 1. The molecule has 4 heterocycles. The van der Waals surface area contributed by atoms with Gasteiger partial charge in [-0.3, -0.25) is 9.69 Å². The van der Waals surface area contributed by atoms with Crippen LogP contribution in [0.2, 0.25) is 0 Å². The molecule has 6 heteroatoms. The van der Waals surface area contributed by atoms with E-state index in [1.165, 1.54) is 16.5 Å².